The van der Waals surface area contributed by atoms with Gasteiger partial charge in [-0.15, -0.1) is 0 Å². The fourth-order valence-corrected chi connectivity index (χ4v) is 6.69. The maximum Gasteiger partial charge on any atom is 0.269 e. The third-order valence-electron chi connectivity index (χ3n) is 9.27. The molecule has 1 aromatic carbocycles. The van der Waals surface area contributed by atoms with Crippen LogP contribution in [0, 0.1) is 38.7 Å². The van der Waals surface area contributed by atoms with Gasteiger partial charge in [0.05, 0.1) is 11.0 Å². The number of fused-ring (bicyclic) bond motifs is 1. The van der Waals surface area contributed by atoms with Crippen molar-refractivity contribution in [2.75, 3.05) is 13.7 Å². The zero-order valence-corrected chi connectivity index (χ0v) is 20.6. The van der Waals surface area contributed by atoms with Crippen molar-refractivity contribution in [2.45, 2.75) is 77.9 Å². The lowest BCUT2D eigenvalue weighted by Crippen LogP contribution is -2.46. The van der Waals surface area contributed by atoms with Crippen LogP contribution in [0.2, 0.25) is 0 Å². The van der Waals surface area contributed by atoms with E-state index < -0.39 is 4.92 Å². The molecule has 3 N–H and O–H groups in total. The largest absolute Gasteiger partial charge is 0.396 e. The topological polar surface area (TPSA) is 95.6 Å². The van der Waals surface area contributed by atoms with E-state index >= 15 is 0 Å². The molecule has 3 fully saturated rings. The van der Waals surface area contributed by atoms with Crippen molar-refractivity contribution in [1.82, 2.24) is 5.32 Å². The number of hydrogen-bond donors (Lipinski definition) is 3. The number of non-ortho nitro benzene ring substituents is 1. The Hall–Kier alpha value is -1.76. The van der Waals surface area contributed by atoms with Crippen LogP contribution in [0.4, 0.5) is 5.69 Å². The molecule has 0 radical (unpaired) electrons. The second-order valence-corrected chi connectivity index (χ2v) is 11.0. The lowest BCUT2D eigenvalue weighted by Gasteiger charge is -2.52. The van der Waals surface area contributed by atoms with E-state index in [0.29, 0.717) is 11.3 Å². The summed E-state index contributed by atoms with van der Waals surface area (Å²) < 4.78 is 0. The molecule has 1 aromatic rings. The van der Waals surface area contributed by atoms with Crippen molar-refractivity contribution in [2.24, 2.45) is 28.6 Å². The molecule has 6 unspecified atom stereocenters. The summed E-state index contributed by atoms with van der Waals surface area (Å²) in [6, 6.07) is 6.50. The summed E-state index contributed by atoms with van der Waals surface area (Å²) in [6.07, 6.45) is 8.96. The van der Waals surface area contributed by atoms with Gasteiger partial charge in [-0.05, 0) is 92.6 Å². The van der Waals surface area contributed by atoms with Gasteiger partial charge in [0.15, 0.2) is 0 Å². The first kappa shape index (κ1) is 25.9. The molecule has 0 amide bonds. The first-order valence-electron chi connectivity index (χ1n) is 12.5. The van der Waals surface area contributed by atoms with Crippen LogP contribution >= 0.6 is 0 Å². The predicted octanol–water partition coefficient (Wildman–Crippen LogP) is 5.23. The number of nitro groups is 1. The summed E-state index contributed by atoms with van der Waals surface area (Å²) in [5, 5.41) is 33.0. The Balaban J connectivity index is 0.000000218. The van der Waals surface area contributed by atoms with Gasteiger partial charge in [0.2, 0.25) is 0 Å². The van der Waals surface area contributed by atoms with Crippen molar-refractivity contribution < 1.29 is 15.1 Å². The van der Waals surface area contributed by atoms with Gasteiger partial charge in [-0.25, -0.2) is 0 Å². The molecule has 0 aromatic heterocycles. The summed E-state index contributed by atoms with van der Waals surface area (Å²) in [4.78, 5) is 9.86. The number of rotatable bonds is 5. The van der Waals surface area contributed by atoms with Crippen LogP contribution in [0.3, 0.4) is 0 Å². The Labute approximate surface area is 198 Å². The van der Waals surface area contributed by atoms with E-state index in [0.717, 1.165) is 37.3 Å². The Kier molecular flexibility index (Phi) is 8.35. The van der Waals surface area contributed by atoms with Gasteiger partial charge in [0.1, 0.15) is 0 Å². The second-order valence-electron chi connectivity index (χ2n) is 11.0. The maximum atomic E-state index is 10.3. The molecule has 3 aliphatic rings. The number of benzene rings is 1. The zero-order valence-electron chi connectivity index (χ0n) is 20.6. The average molecular weight is 459 g/mol. The number of nitrogens with zero attached hydrogens (tertiary/aromatic N) is 1. The minimum absolute atomic E-state index is 0.134. The van der Waals surface area contributed by atoms with E-state index in [1.807, 2.05) is 7.05 Å². The van der Waals surface area contributed by atoms with Gasteiger partial charge in [0.25, 0.3) is 5.69 Å². The summed E-state index contributed by atoms with van der Waals surface area (Å²) in [7, 11) is 1.83. The van der Waals surface area contributed by atoms with E-state index in [2.05, 4.69) is 25.7 Å². The molecule has 6 atom stereocenters. The molecule has 6 heteroatoms. The summed E-state index contributed by atoms with van der Waals surface area (Å²) in [5.41, 5.74) is 3.27. The molecular weight excluding hydrogens is 416 g/mol. The monoisotopic (exact) mass is 458 g/mol. The molecule has 0 aliphatic heterocycles. The third-order valence-corrected chi connectivity index (χ3v) is 9.27. The van der Waals surface area contributed by atoms with Crippen molar-refractivity contribution in [3.63, 3.8) is 0 Å². The van der Waals surface area contributed by atoms with Gasteiger partial charge in [-0.1, -0.05) is 38.1 Å². The van der Waals surface area contributed by atoms with Gasteiger partial charge >= 0.3 is 0 Å². The molecule has 0 bridgehead atoms. The van der Waals surface area contributed by atoms with Crippen LogP contribution in [0.15, 0.2) is 36.4 Å². The molecule has 33 heavy (non-hydrogen) atoms. The van der Waals surface area contributed by atoms with Crippen LogP contribution in [0.25, 0.3) is 0 Å². The normalized spacial score (nSPS) is 36.0. The fourth-order valence-electron chi connectivity index (χ4n) is 6.69. The van der Waals surface area contributed by atoms with Crippen LogP contribution in [-0.2, 0) is 6.54 Å². The molecule has 3 saturated carbocycles. The Morgan fingerprint density at radius 3 is 2.42 bits per heavy atom. The number of nitro benzene ring substituents is 1. The van der Waals surface area contributed by atoms with E-state index in [-0.39, 0.29) is 29.7 Å². The highest BCUT2D eigenvalue weighted by atomic mass is 16.6. The highest BCUT2D eigenvalue weighted by Crippen LogP contribution is 2.61. The SMILES string of the molecule is C=C1CCC2CC(C3(C)CCC(O)CC3CO)CCC12C.CNCc1ccc([N+](=O)[O-])cc1. The van der Waals surface area contributed by atoms with Crippen molar-refractivity contribution in [3.8, 4) is 0 Å². The Morgan fingerprint density at radius 1 is 1.12 bits per heavy atom. The zero-order chi connectivity index (χ0) is 24.2. The molecule has 4 rings (SSSR count). The highest BCUT2D eigenvalue weighted by Gasteiger charge is 2.52. The quantitative estimate of drug-likeness (QED) is 0.319. The summed E-state index contributed by atoms with van der Waals surface area (Å²) in [6.45, 7) is 10.1. The predicted molar refractivity (Wildman–Crippen MR) is 132 cm³/mol. The van der Waals surface area contributed by atoms with Crippen LogP contribution in [-0.4, -0.2) is 34.9 Å². The fraction of sp³-hybridized carbons (Fsp3) is 0.704. The summed E-state index contributed by atoms with van der Waals surface area (Å²) in [5.74, 6) is 1.79. The first-order chi connectivity index (χ1) is 15.6. The van der Waals surface area contributed by atoms with Crippen molar-refractivity contribution in [1.29, 1.82) is 0 Å². The maximum absolute atomic E-state index is 10.3. The van der Waals surface area contributed by atoms with E-state index in [1.165, 1.54) is 49.8 Å². The number of nitrogens with one attached hydrogen (secondary N) is 1. The van der Waals surface area contributed by atoms with Gasteiger partial charge in [0, 0.05) is 25.3 Å². The molecule has 0 spiro atoms. The Bertz CT molecular complexity index is 826. The first-order valence-corrected chi connectivity index (χ1v) is 12.5. The number of hydrogen-bond acceptors (Lipinski definition) is 5. The van der Waals surface area contributed by atoms with Gasteiger partial charge in [-0.2, -0.15) is 0 Å². The molecule has 184 valence electrons. The lowest BCUT2D eigenvalue weighted by atomic mass is 9.53. The van der Waals surface area contributed by atoms with Crippen molar-refractivity contribution in [3.05, 3.63) is 52.1 Å². The minimum atomic E-state index is -0.400. The minimum Gasteiger partial charge on any atom is -0.396 e. The van der Waals surface area contributed by atoms with E-state index in [9.17, 15) is 20.3 Å². The highest BCUT2D eigenvalue weighted by molar-refractivity contribution is 5.32. The number of aliphatic hydroxyl groups excluding tert-OH is 2. The average Bonchev–Trinajstić information content (AvgIpc) is 3.10. The standard InChI is InChI=1S/C19H32O2.C8H10N2O2/c1-13-4-5-14-10-15(6-8-18(13,14)2)19(3)9-7-17(21)11-16(19)12-20;1-9-6-7-2-4-8(5-3-7)10(11)12/h14-17,20-21H,1,4-12H2,2-3H3;2-5,9H,6H2,1H3. The van der Waals surface area contributed by atoms with Crippen LogP contribution in [0.5, 0.6) is 0 Å². The molecule has 3 aliphatic carbocycles. The van der Waals surface area contributed by atoms with E-state index in [1.54, 1.807) is 12.1 Å². The van der Waals surface area contributed by atoms with Crippen LogP contribution in [0.1, 0.15) is 70.8 Å². The Morgan fingerprint density at radius 2 is 1.82 bits per heavy atom. The molecule has 6 nitrogen and oxygen atoms in total. The lowest BCUT2D eigenvalue weighted by molar-refractivity contribution is -0.384. The third kappa shape index (κ3) is 5.50. The smallest absolute Gasteiger partial charge is 0.269 e. The number of allylic oxidation sites excluding steroid dienone is 1. The molecular formula is C27H42N2O4. The molecule has 0 saturated heterocycles. The van der Waals surface area contributed by atoms with Crippen molar-refractivity contribution >= 4 is 5.69 Å². The van der Waals surface area contributed by atoms with E-state index in [4.69, 9.17) is 0 Å². The van der Waals surface area contributed by atoms with Gasteiger partial charge < -0.3 is 15.5 Å². The van der Waals surface area contributed by atoms with Crippen LogP contribution < -0.4 is 5.32 Å². The second kappa shape index (κ2) is 10.7. The molecule has 0 heterocycles. The van der Waals surface area contributed by atoms with Gasteiger partial charge in [-0.3, -0.25) is 10.1 Å². The number of aliphatic hydroxyl groups is 2. The summed E-state index contributed by atoms with van der Waals surface area (Å²) >= 11 is 0.